The highest BCUT2D eigenvalue weighted by Crippen LogP contribution is 2.32. The fraction of sp³-hybridized carbons (Fsp3) is 0.300. The van der Waals surface area contributed by atoms with Gasteiger partial charge in [0.25, 0.3) is 0 Å². The van der Waals surface area contributed by atoms with E-state index in [4.69, 9.17) is 5.41 Å². The molecule has 0 radical (unpaired) electrons. The Hall–Kier alpha value is -0.350. The second kappa shape index (κ2) is 4.03. The Labute approximate surface area is 100 Å². The first-order valence-corrected chi connectivity index (χ1v) is 6.07. The van der Waals surface area contributed by atoms with Gasteiger partial charge in [0.05, 0.1) is 5.69 Å². The summed E-state index contributed by atoms with van der Waals surface area (Å²) in [5.74, 6) is 0.712. The Morgan fingerprint density at radius 3 is 2.71 bits per heavy atom. The van der Waals surface area contributed by atoms with E-state index in [1.165, 1.54) is 0 Å². The number of amidine groups is 1. The van der Waals surface area contributed by atoms with Gasteiger partial charge in [-0.2, -0.15) is 0 Å². The van der Waals surface area contributed by atoms with Crippen LogP contribution in [0.2, 0.25) is 0 Å². The van der Waals surface area contributed by atoms with Gasteiger partial charge in [0.15, 0.2) is 0 Å². The van der Waals surface area contributed by atoms with Crippen molar-refractivity contribution in [1.29, 1.82) is 5.41 Å². The molecule has 1 aliphatic heterocycles. The van der Waals surface area contributed by atoms with E-state index in [0.29, 0.717) is 5.84 Å². The molecule has 1 aromatic rings. The summed E-state index contributed by atoms with van der Waals surface area (Å²) in [6, 6.07) is 6.04. The standard InChI is InChI=1S/C10H10Br2N2/c11-7-3-4-8(12)9(6-7)14-5-1-2-10(14)13/h3-4,6,13H,1-2,5H2. The molecule has 1 N–H and O–H groups in total. The first-order chi connectivity index (χ1) is 6.68. The lowest BCUT2D eigenvalue weighted by atomic mass is 10.3. The van der Waals surface area contributed by atoms with Crippen LogP contribution >= 0.6 is 31.9 Å². The van der Waals surface area contributed by atoms with Crippen molar-refractivity contribution in [2.24, 2.45) is 0 Å². The summed E-state index contributed by atoms with van der Waals surface area (Å²) in [5.41, 5.74) is 1.09. The third-order valence-corrected chi connectivity index (χ3v) is 3.48. The first kappa shape index (κ1) is 10.2. The molecule has 74 valence electrons. The highest BCUT2D eigenvalue weighted by atomic mass is 79.9. The molecule has 0 bridgehead atoms. The van der Waals surface area contributed by atoms with Crippen LogP contribution in [0.1, 0.15) is 12.8 Å². The Bertz CT molecular complexity index is 376. The molecule has 0 spiro atoms. The SMILES string of the molecule is N=C1CCCN1c1cc(Br)ccc1Br. The summed E-state index contributed by atoms with van der Waals surface area (Å²) in [7, 11) is 0. The number of rotatable bonds is 1. The average Bonchev–Trinajstić information content (AvgIpc) is 2.56. The topological polar surface area (TPSA) is 27.1 Å². The van der Waals surface area contributed by atoms with Crippen LogP contribution in [0.25, 0.3) is 0 Å². The average molecular weight is 318 g/mol. The van der Waals surface area contributed by atoms with Crippen LogP contribution in [-0.2, 0) is 0 Å². The predicted octanol–water partition coefficient (Wildman–Crippen LogP) is 3.79. The van der Waals surface area contributed by atoms with Gasteiger partial charge < -0.3 is 4.90 Å². The van der Waals surface area contributed by atoms with Gasteiger partial charge in [0.2, 0.25) is 0 Å². The van der Waals surface area contributed by atoms with Crippen LogP contribution in [-0.4, -0.2) is 12.4 Å². The fourth-order valence-corrected chi connectivity index (χ4v) is 2.44. The van der Waals surface area contributed by atoms with Crippen LogP contribution in [0, 0.1) is 5.41 Å². The number of anilines is 1. The van der Waals surface area contributed by atoms with E-state index in [0.717, 1.165) is 34.0 Å². The Morgan fingerprint density at radius 1 is 1.29 bits per heavy atom. The Kier molecular flexibility index (Phi) is 2.93. The van der Waals surface area contributed by atoms with E-state index in [1.54, 1.807) is 0 Å². The van der Waals surface area contributed by atoms with Gasteiger partial charge in [-0.05, 0) is 40.5 Å². The second-order valence-electron chi connectivity index (χ2n) is 3.30. The van der Waals surface area contributed by atoms with Crippen LogP contribution in [0.3, 0.4) is 0 Å². The summed E-state index contributed by atoms with van der Waals surface area (Å²) in [6.45, 7) is 0.952. The number of hydrogen-bond donors (Lipinski definition) is 1. The van der Waals surface area contributed by atoms with Gasteiger partial charge in [-0.25, -0.2) is 0 Å². The maximum Gasteiger partial charge on any atom is 0.100 e. The van der Waals surface area contributed by atoms with Crippen molar-refractivity contribution in [2.75, 3.05) is 11.4 Å². The maximum atomic E-state index is 7.80. The summed E-state index contributed by atoms with van der Waals surface area (Å²) in [4.78, 5) is 2.05. The molecule has 1 aliphatic rings. The molecule has 0 aliphatic carbocycles. The zero-order chi connectivity index (χ0) is 10.1. The maximum absolute atomic E-state index is 7.80. The van der Waals surface area contributed by atoms with E-state index < -0.39 is 0 Å². The molecule has 14 heavy (non-hydrogen) atoms. The third kappa shape index (κ3) is 1.86. The molecule has 1 fully saturated rings. The lowest BCUT2D eigenvalue weighted by Crippen LogP contribution is -2.23. The van der Waals surface area contributed by atoms with Gasteiger partial charge in [-0.15, -0.1) is 0 Å². The van der Waals surface area contributed by atoms with Crippen LogP contribution < -0.4 is 4.90 Å². The molecule has 0 atom stereocenters. The van der Waals surface area contributed by atoms with Crippen molar-refractivity contribution in [1.82, 2.24) is 0 Å². The summed E-state index contributed by atoms with van der Waals surface area (Å²) in [5, 5.41) is 7.80. The van der Waals surface area contributed by atoms with E-state index in [2.05, 4.69) is 36.8 Å². The third-order valence-electron chi connectivity index (χ3n) is 2.32. The second-order valence-corrected chi connectivity index (χ2v) is 5.07. The number of nitrogens with one attached hydrogen (secondary N) is 1. The van der Waals surface area contributed by atoms with Crippen molar-refractivity contribution in [3.8, 4) is 0 Å². The van der Waals surface area contributed by atoms with E-state index >= 15 is 0 Å². The zero-order valence-electron chi connectivity index (χ0n) is 7.56. The minimum atomic E-state index is 0.712. The Morgan fingerprint density at radius 2 is 2.07 bits per heavy atom. The molecule has 0 aromatic heterocycles. The van der Waals surface area contributed by atoms with Crippen molar-refractivity contribution >= 4 is 43.4 Å². The molecule has 1 saturated heterocycles. The number of benzene rings is 1. The summed E-state index contributed by atoms with van der Waals surface area (Å²) in [6.07, 6.45) is 1.97. The number of halogens is 2. The lowest BCUT2D eigenvalue weighted by molar-refractivity contribution is 0.955. The number of nitrogens with zero attached hydrogens (tertiary/aromatic N) is 1. The van der Waals surface area contributed by atoms with Gasteiger partial charge in [0.1, 0.15) is 5.84 Å². The molecule has 2 nitrogen and oxygen atoms in total. The first-order valence-electron chi connectivity index (χ1n) is 4.48. The zero-order valence-corrected chi connectivity index (χ0v) is 10.7. The molecular formula is C10H10Br2N2. The molecular weight excluding hydrogens is 308 g/mol. The largest absolute Gasteiger partial charge is 0.329 e. The van der Waals surface area contributed by atoms with Crippen LogP contribution in [0.4, 0.5) is 5.69 Å². The molecule has 2 rings (SSSR count). The predicted molar refractivity (Wildman–Crippen MR) is 66.1 cm³/mol. The van der Waals surface area contributed by atoms with Crippen molar-refractivity contribution in [3.05, 3.63) is 27.1 Å². The molecule has 1 heterocycles. The quantitative estimate of drug-likeness (QED) is 0.838. The molecule has 4 heteroatoms. The van der Waals surface area contributed by atoms with Gasteiger partial charge in [-0.1, -0.05) is 15.9 Å². The van der Waals surface area contributed by atoms with Crippen molar-refractivity contribution < 1.29 is 0 Å². The summed E-state index contributed by atoms with van der Waals surface area (Å²) >= 11 is 6.95. The van der Waals surface area contributed by atoms with Gasteiger partial charge in [0, 0.05) is 21.9 Å². The lowest BCUT2D eigenvalue weighted by Gasteiger charge is -2.19. The Balaban J connectivity index is 2.39. The van der Waals surface area contributed by atoms with E-state index in [1.807, 2.05) is 18.2 Å². The van der Waals surface area contributed by atoms with E-state index in [-0.39, 0.29) is 0 Å². The minimum Gasteiger partial charge on any atom is -0.329 e. The fourth-order valence-electron chi connectivity index (χ4n) is 1.63. The number of hydrogen-bond acceptors (Lipinski definition) is 1. The molecule has 0 amide bonds. The normalized spacial score (nSPS) is 16.4. The van der Waals surface area contributed by atoms with Crippen LogP contribution in [0.15, 0.2) is 27.1 Å². The minimum absolute atomic E-state index is 0.712. The van der Waals surface area contributed by atoms with E-state index in [9.17, 15) is 0 Å². The highest BCUT2D eigenvalue weighted by Gasteiger charge is 2.20. The van der Waals surface area contributed by atoms with Gasteiger partial charge in [-0.3, -0.25) is 5.41 Å². The van der Waals surface area contributed by atoms with Crippen molar-refractivity contribution in [2.45, 2.75) is 12.8 Å². The summed E-state index contributed by atoms with van der Waals surface area (Å²) < 4.78 is 2.10. The molecule has 0 unspecified atom stereocenters. The monoisotopic (exact) mass is 316 g/mol. The van der Waals surface area contributed by atoms with Crippen LogP contribution in [0.5, 0.6) is 0 Å². The smallest absolute Gasteiger partial charge is 0.100 e. The molecule has 0 saturated carbocycles. The molecule has 1 aromatic carbocycles. The highest BCUT2D eigenvalue weighted by molar-refractivity contribution is 9.11. The van der Waals surface area contributed by atoms with Gasteiger partial charge >= 0.3 is 0 Å². The van der Waals surface area contributed by atoms with Crippen molar-refractivity contribution in [3.63, 3.8) is 0 Å².